The number of hydrogen-bond donors (Lipinski definition) is 1. The third kappa shape index (κ3) is 5.17. The standard InChI is InChI=1S/C24H27N5O4S/c1-4-6-21(31)27-24-26-19-9-16(10-20(30)22(19)34-24)23(32)28(2)13-15-12-25-29(14-15)17-7-5-8-18(11-17)33-3/h5,7-8,11-12,14,16H,4,6,9-10,13H2,1-3H3,(H,26,27,31)/t16-/m1/s1. The smallest absolute Gasteiger partial charge is 0.226 e. The average molecular weight is 482 g/mol. The Morgan fingerprint density at radius 3 is 2.91 bits per heavy atom. The molecule has 1 atom stereocenters. The lowest BCUT2D eigenvalue weighted by Crippen LogP contribution is -2.36. The lowest BCUT2D eigenvalue weighted by atomic mass is 9.89. The first-order chi connectivity index (χ1) is 16.4. The first kappa shape index (κ1) is 23.6. The summed E-state index contributed by atoms with van der Waals surface area (Å²) in [6, 6.07) is 7.55. The number of Topliss-reactive ketones (excluding diaryl/α,β-unsaturated/α-hetero) is 1. The number of amides is 2. The molecule has 1 aliphatic rings. The quantitative estimate of drug-likeness (QED) is 0.528. The van der Waals surface area contributed by atoms with Crippen LogP contribution in [0, 0.1) is 5.92 Å². The summed E-state index contributed by atoms with van der Waals surface area (Å²) >= 11 is 1.19. The monoisotopic (exact) mass is 481 g/mol. The molecule has 2 amide bonds. The number of carbonyl (C=O) groups is 3. The molecule has 0 bridgehead atoms. The van der Waals surface area contributed by atoms with Gasteiger partial charge in [0.05, 0.1) is 35.5 Å². The van der Waals surface area contributed by atoms with Crippen LogP contribution in [0.1, 0.15) is 47.1 Å². The number of hydrogen-bond acceptors (Lipinski definition) is 7. The normalized spacial score (nSPS) is 15.0. The van der Waals surface area contributed by atoms with Crippen LogP contribution in [0.4, 0.5) is 5.13 Å². The van der Waals surface area contributed by atoms with E-state index in [-0.39, 0.29) is 24.0 Å². The Morgan fingerprint density at radius 1 is 1.32 bits per heavy atom. The van der Waals surface area contributed by atoms with Crippen LogP contribution < -0.4 is 10.1 Å². The Labute approximate surface area is 201 Å². The minimum Gasteiger partial charge on any atom is -0.497 e. The maximum absolute atomic E-state index is 13.1. The molecule has 0 aliphatic heterocycles. The number of carbonyl (C=O) groups excluding carboxylic acids is 3. The molecule has 0 saturated carbocycles. The molecule has 0 saturated heterocycles. The SMILES string of the molecule is CCCC(=O)Nc1nc2c(s1)C(=O)C[C@H](C(=O)N(C)Cc1cnn(-c3cccc(OC)c3)c1)C2. The molecular weight excluding hydrogens is 454 g/mol. The molecule has 9 nitrogen and oxygen atoms in total. The van der Waals surface area contributed by atoms with E-state index < -0.39 is 5.92 Å². The van der Waals surface area contributed by atoms with Gasteiger partial charge in [0.15, 0.2) is 10.9 Å². The number of benzene rings is 1. The van der Waals surface area contributed by atoms with E-state index in [1.807, 2.05) is 37.4 Å². The number of methoxy groups -OCH3 is 1. The number of anilines is 1. The van der Waals surface area contributed by atoms with Gasteiger partial charge < -0.3 is 15.0 Å². The molecular formula is C24H27N5O4S. The van der Waals surface area contributed by atoms with Crippen LogP contribution in [0.25, 0.3) is 5.69 Å². The molecule has 1 N–H and O–H groups in total. The van der Waals surface area contributed by atoms with E-state index in [2.05, 4.69) is 15.4 Å². The highest BCUT2D eigenvalue weighted by molar-refractivity contribution is 7.17. The van der Waals surface area contributed by atoms with Crippen LogP contribution in [0.2, 0.25) is 0 Å². The van der Waals surface area contributed by atoms with Crippen molar-refractivity contribution in [3.63, 3.8) is 0 Å². The largest absolute Gasteiger partial charge is 0.497 e. The van der Waals surface area contributed by atoms with E-state index in [9.17, 15) is 14.4 Å². The zero-order valence-electron chi connectivity index (χ0n) is 19.4. The first-order valence-corrected chi connectivity index (χ1v) is 11.9. The molecule has 4 rings (SSSR count). The summed E-state index contributed by atoms with van der Waals surface area (Å²) in [5, 5.41) is 7.56. The zero-order valence-corrected chi connectivity index (χ0v) is 20.2. The molecule has 1 aliphatic carbocycles. The summed E-state index contributed by atoms with van der Waals surface area (Å²) in [4.78, 5) is 44.2. The van der Waals surface area contributed by atoms with Crippen molar-refractivity contribution in [3.8, 4) is 11.4 Å². The molecule has 0 fully saturated rings. The zero-order chi connectivity index (χ0) is 24.2. The average Bonchev–Trinajstić information content (AvgIpc) is 3.45. The van der Waals surface area contributed by atoms with Crippen molar-refractivity contribution in [1.29, 1.82) is 0 Å². The van der Waals surface area contributed by atoms with E-state index in [4.69, 9.17) is 4.74 Å². The summed E-state index contributed by atoms with van der Waals surface area (Å²) in [6.07, 6.45) is 5.25. The van der Waals surface area contributed by atoms with Crippen molar-refractivity contribution in [2.24, 2.45) is 5.92 Å². The molecule has 3 aromatic rings. The van der Waals surface area contributed by atoms with Gasteiger partial charge in [0.2, 0.25) is 11.8 Å². The Hall–Kier alpha value is -3.53. The van der Waals surface area contributed by atoms with Gasteiger partial charge in [0.1, 0.15) is 5.75 Å². The van der Waals surface area contributed by atoms with Gasteiger partial charge >= 0.3 is 0 Å². The Bertz CT molecular complexity index is 1220. The molecule has 0 radical (unpaired) electrons. The van der Waals surface area contributed by atoms with Crippen molar-refractivity contribution >= 4 is 34.1 Å². The molecule has 2 aromatic heterocycles. The minimum absolute atomic E-state index is 0.104. The highest BCUT2D eigenvalue weighted by atomic mass is 32.1. The van der Waals surface area contributed by atoms with E-state index in [0.717, 1.165) is 23.4 Å². The second-order valence-electron chi connectivity index (χ2n) is 8.31. The number of ketones is 1. The molecule has 1 aromatic carbocycles. The van der Waals surface area contributed by atoms with E-state index in [0.29, 0.717) is 35.1 Å². The Kier molecular flexibility index (Phi) is 7.06. The lowest BCUT2D eigenvalue weighted by molar-refractivity contribution is -0.134. The van der Waals surface area contributed by atoms with Gasteiger partial charge in [-0.15, -0.1) is 0 Å². The number of rotatable bonds is 8. The number of ether oxygens (including phenoxy) is 1. The van der Waals surface area contributed by atoms with Crippen LogP contribution in [-0.2, 0) is 22.6 Å². The molecule has 178 valence electrons. The van der Waals surface area contributed by atoms with Crippen molar-refractivity contribution < 1.29 is 19.1 Å². The van der Waals surface area contributed by atoms with Gasteiger partial charge in [0, 0.05) is 50.7 Å². The fourth-order valence-electron chi connectivity index (χ4n) is 3.97. The topological polar surface area (TPSA) is 106 Å². The molecule has 0 spiro atoms. The number of fused-ring (bicyclic) bond motifs is 1. The number of thiazole rings is 1. The second-order valence-corrected chi connectivity index (χ2v) is 9.31. The Morgan fingerprint density at radius 2 is 2.15 bits per heavy atom. The second kappa shape index (κ2) is 10.2. The minimum atomic E-state index is -0.472. The van der Waals surface area contributed by atoms with Crippen LogP contribution in [0.15, 0.2) is 36.7 Å². The van der Waals surface area contributed by atoms with Gasteiger partial charge in [0.25, 0.3) is 0 Å². The van der Waals surface area contributed by atoms with Crippen LogP contribution in [-0.4, -0.2) is 51.4 Å². The molecule has 10 heteroatoms. The lowest BCUT2D eigenvalue weighted by Gasteiger charge is -2.25. The first-order valence-electron chi connectivity index (χ1n) is 11.1. The summed E-state index contributed by atoms with van der Waals surface area (Å²) in [5.74, 6) is -0.0778. The van der Waals surface area contributed by atoms with Crippen LogP contribution in [0.5, 0.6) is 5.75 Å². The highest BCUT2D eigenvalue weighted by Gasteiger charge is 2.34. The third-order valence-electron chi connectivity index (χ3n) is 5.64. The molecule has 34 heavy (non-hydrogen) atoms. The van der Waals surface area contributed by atoms with Crippen molar-refractivity contribution in [1.82, 2.24) is 19.7 Å². The summed E-state index contributed by atoms with van der Waals surface area (Å²) < 4.78 is 7.00. The summed E-state index contributed by atoms with van der Waals surface area (Å²) in [5.41, 5.74) is 2.32. The number of nitrogens with zero attached hydrogens (tertiary/aromatic N) is 4. The number of aromatic nitrogens is 3. The highest BCUT2D eigenvalue weighted by Crippen LogP contribution is 2.33. The Balaban J connectivity index is 1.41. The van der Waals surface area contributed by atoms with Gasteiger partial charge in [-0.05, 0) is 18.6 Å². The van der Waals surface area contributed by atoms with Crippen molar-refractivity contribution in [2.45, 2.75) is 39.2 Å². The van der Waals surface area contributed by atoms with E-state index >= 15 is 0 Å². The molecule has 0 unspecified atom stereocenters. The maximum Gasteiger partial charge on any atom is 0.226 e. The fourth-order valence-corrected chi connectivity index (χ4v) is 4.92. The van der Waals surface area contributed by atoms with Gasteiger partial charge in [-0.25, -0.2) is 9.67 Å². The maximum atomic E-state index is 13.1. The van der Waals surface area contributed by atoms with Gasteiger partial charge in [-0.2, -0.15) is 5.10 Å². The van der Waals surface area contributed by atoms with Crippen LogP contribution >= 0.6 is 11.3 Å². The van der Waals surface area contributed by atoms with Crippen molar-refractivity contribution in [2.75, 3.05) is 19.5 Å². The van der Waals surface area contributed by atoms with Gasteiger partial charge in [-0.1, -0.05) is 24.3 Å². The van der Waals surface area contributed by atoms with E-state index in [1.54, 1.807) is 29.9 Å². The predicted octanol–water partition coefficient (Wildman–Crippen LogP) is 3.48. The predicted molar refractivity (Wildman–Crippen MR) is 128 cm³/mol. The fraction of sp³-hybridized carbons (Fsp3) is 0.375. The van der Waals surface area contributed by atoms with Crippen molar-refractivity contribution in [3.05, 3.63) is 52.8 Å². The number of nitrogens with one attached hydrogen (secondary N) is 1. The molecule has 2 heterocycles. The third-order valence-corrected chi connectivity index (χ3v) is 6.70. The summed E-state index contributed by atoms with van der Waals surface area (Å²) in [6.45, 7) is 2.29. The van der Waals surface area contributed by atoms with E-state index in [1.165, 1.54) is 11.3 Å². The van der Waals surface area contributed by atoms with Crippen LogP contribution in [0.3, 0.4) is 0 Å². The van der Waals surface area contributed by atoms with Gasteiger partial charge in [-0.3, -0.25) is 14.4 Å². The summed E-state index contributed by atoms with van der Waals surface area (Å²) in [7, 11) is 3.34.